The standard InChI is InChI=1S/C19H28N2O4/c1-23-15-18(22)21-10-6-19(7-11-21)17(5-13-25-19)4-12-24-14-16-2-8-20-9-3-16/h2-3,8-9,17H,4-7,10-15H2,1H3. The van der Waals surface area contributed by atoms with Crippen LogP contribution in [0.25, 0.3) is 0 Å². The number of nitrogens with zero attached hydrogens (tertiary/aromatic N) is 2. The Morgan fingerprint density at radius 2 is 2.12 bits per heavy atom. The summed E-state index contributed by atoms with van der Waals surface area (Å²) in [6.07, 6.45) is 7.50. The second-order valence-electron chi connectivity index (χ2n) is 6.91. The van der Waals surface area contributed by atoms with Gasteiger partial charge < -0.3 is 19.1 Å². The van der Waals surface area contributed by atoms with Crippen LogP contribution in [0.5, 0.6) is 0 Å². The van der Waals surface area contributed by atoms with Gasteiger partial charge in [-0.2, -0.15) is 0 Å². The van der Waals surface area contributed by atoms with Crippen molar-refractivity contribution in [3.63, 3.8) is 0 Å². The first-order chi connectivity index (χ1) is 12.2. The number of pyridine rings is 1. The Morgan fingerprint density at radius 3 is 2.84 bits per heavy atom. The van der Waals surface area contributed by atoms with Crippen LogP contribution in [0.15, 0.2) is 24.5 Å². The Balaban J connectivity index is 1.44. The van der Waals surface area contributed by atoms with Gasteiger partial charge in [-0.3, -0.25) is 9.78 Å². The molecule has 1 amide bonds. The fraction of sp³-hybridized carbons (Fsp3) is 0.684. The second-order valence-corrected chi connectivity index (χ2v) is 6.91. The molecule has 2 aliphatic rings. The van der Waals surface area contributed by atoms with Gasteiger partial charge in [-0.1, -0.05) is 0 Å². The van der Waals surface area contributed by atoms with Crippen LogP contribution in [0.2, 0.25) is 0 Å². The van der Waals surface area contributed by atoms with Gasteiger partial charge in [0.15, 0.2) is 0 Å². The van der Waals surface area contributed by atoms with Crippen molar-refractivity contribution in [1.82, 2.24) is 9.88 Å². The zero-order chi connectivity index (χ0) is 17.5. The number of amides is 1. The molecule has 0 N–H and O–H groups in total. The molecule has 1 aromatic rings. The molecule has 6 heteroatoms. The number of hydrogen-bond donors (Lipinski definition) is 0. The molecule has 2 saturated heterocycles. The molecule has 1 atom stereocenters. The molecular weight excluding hydrogens is 320 g/mol. The Bertz CT molecular complexity index is 544. The lowest BCUT2D eigenvalue weighted by atomic mass is 9.78. The van der Waals surface area contributed by atoms with E-state index in [1.165, 1.54) is 0 Å². The maximum Gasteiger partial charge on any atom is 0.248 e. The predicted octanol–water partition coefficient (Wildman–Crippen LogP) is 2.03. The van der Waals surface area contributed by atoms with E-state index in [0.29, 0.717) is 12.5 Å². The molecule has 6 nitrogen and oxygen atoms in total. The first kappa shape index (κ1) is 18.3. The highest BCUT2D eigenvalue weighted by atomic mass is 16.5. The summed E-state index contributed by atoms with van der Waals surface area (Å²) >= 11 is 0. The summed E-state index contributed by atoms with van der Waals surface area (Å²) in [6.45, 7) is 3.88. The van der Waals surface area contributed by atoms with Gasteiger partial charge in [-0.15, -0.1) is 0 Å². The third kappa shape index (κ3) is 4.57. The van der Waals surface area contributed by atoms with Crippen LogP contribution < -0.4 is 0 Å². The highest BCUT2D eigenvalue weighted by Crippen LogP contribution is 2.42. The van der Waals surface area contributed by atoms with Crippen molar-refractivity contribution < 1.29 is 19.0 Å². The number of piperidine rings is 1. The summed E-state index contributed by atoms with van der Waals surface area (Å²) in [5, 5.41) is 0. The average Bonchev–Trinajstić information content (AvgIpc) is 3.02. The Morgan fingerprint density at radius 1 is 1.36 bits per heavy atom. The summed E-state index contributed by atoms with van der Waals surface area (Å²) in [5.41, 5.74) is 1.08. The zero-order valence-electron chi connectivity index (χ0n) is 15.0. The molecule has 3 rings (SSSR count). The number of aromatic nitrogens is 1. The number of rotatable bonds is 7. The number of carbonyl (C=O) groups is 1. The number of hydrogen-bond acceptors (Lipinski definition) is 5. The van der Waals surface area contributed by atoms with E-state index in [1.807, 2.05) is 17.0 Å². The third-order valence-corrected chi connectivity index (χ3v) is 5.46. The van der Waals surface area contributed by atoms with Crippen molar-refractivity contribution >= 4 is 5.91 Å². The fourth-order valence-corrected chi connectivity index (χ4v) is 3.99. The summed E-state index contributed by atoms with van der Waals surface area (Å²) in [7, 11) is 1.56. The van der Waals surface area contributed by atoms with E-state index in [-0.39, 0.29) is 18.1 Å². The average molecular weight is 348 g/mol. The molecule has 25 heavy (non-hydrogen) atoms. The van der Waals surface area contributed by atoms with Gasteiger partial charge >= 0.3 is 0 Å². The molecule has 2 aliphatic heterocycles. The minimum absolute atomic E-state index is 0.0656. The van der Waals surface area contributed by atoms with E-state index in [9.17, 15) is 4.79 Å². The molecule has 1 unspecified atom stereocenters. The topological polar surface area (TPSA) is 60.9 Å². The maximum atomic E-state index is 12.0. The van der Waals surface area contributed by atoms with Crippen LogP contribution in [0, 0.1) is 5.92 Å². The lowest BCUT2D eigenvalue weighted by Crippen LogP contribution is -2.50. The van der Waals surface area contributed by atoms with Gasteiger partial charge in [0.1, 0.15) is 6.61 Å². The summed E-state index contributed by atoms with van der Waals surface area (Å²) in [5.74, 6) is 0.595. The molecule has 3 heterocycles. The molecular formula is C19H28N2O4. The molecule has 1 spiro atoms. The summed E-state index contributed by atoms with van der Waals surface area (Å²) < 4.78 is 17.0. The van der Waals surface area contributed by atoms with Crippen LogP contribution >= 0.6 is 0 Å². The van der Waals surface area contributed by atoms with Crippen LogP contribution in [0.3, 0.4) is 0 Å². The van der Waals surface area contributed by atoms with E-state index in [2.05, 4.69) is 4.98 Å². The van der Waals surface area contributed by atoms with E-state index in [1.54, 1.807) is 19.5 Å². The number of ether oxygens (including phenoxy) is 3. The predicted molar refractivity (Wildman–Crippen MR) is 93.0 cm³/mol. The molecule has 1 aromatic heterocycles. The van der Waals surface area contributed by atoms with Gasteiger partial charge in [0.2, 0.25) is 5.91 Å². The first-order valence-electron chi connectivity index (χ1n) is 9.11. The number of methoxy groups -OCH3 is 1. The monoisotopic (exact) mass is 348 g/mol. The van der Waals surface area contributed by atoms with E-state index >= 15 is 0 Å². The van der Waals surface area contributed by atoms with Crippen molar-refractivity contribution in [3.8, 4) is 0 Å². The molecule has 2 fully saturated rings. The van der Waals surface area contributed by atoms with Crippen molar-refractivity contribution in [2.45, 2.75) is 37.9 Å². The molecule has 0 bridgehead atoms. The third-order valence-electron chi connectivity index (χ3n) is 5.46. The Kier molecular flexibility index (Phi) is 6.39. The van der Waals surface area contributed by atoms with Gasteiger partial charge in [0.25, 0.3) is 0 Å². The highest BCUT2D eigenvalue weighted by molar-refractivity contribution is 5.77. The van der Waals surface area contributed by atoms with E-state index in [0.717, 1.165) is 57.6 Å². The minimum atomic E-state index is -0.0656. The lowest BCUT2D eigenvalue weighted by Gasteiger charge is -2.42. The van der Waals surface area contributed by atoms with Crippen molar-refractivity contribution in [1.29, 1.82) is 0 Å². The van der Waals surface area contributed by atoms with E-state index < -0.39 is 0 Å². The number of likely N-dealkylation sites (tertiary alicyclic amines) is 1. The molecule has 0 radical (unpaired) electrons. The fourth-order valence-electron chi connectivity index (χ4n) is 3.99. The van der Waals surface area contributed by atoms with Crippen molar-refractivity contribution in [3.05, 3.63) is 30.1 Å². The van der Waals surface area contributed by atoms with Gasteiger partial charge in [0, 0.05) is 45.8 Å². The normalized spacial score (nSPS) is 22.4. The van der Waals surface area contributed by atoms with Crippen LogP contribution in [-0.4, -0.2) is 61.4 Å². The second kappa shape index (κ2) is 8.74. The molecule has 138 valence electrons. The Labute approximate surface area is 149 Å². The SMILES string of the molecule is COCC(=O)N1CCC2(CC1)OCCC2CCOCc1ccncc1. The van der Waals surface area contributed by atoms with Crippen LogP contribution in [-0.2, 0) is 25.6 Å². The largest absolute Gasteiger partial charge is 0.377 e. The van der Waals surface area contributed by atoms with Crippen LogP contribution in [0.1, 0.15) is 31.2 Å². The van der Waals surface area contributed by atoms with Crippen molar-refractivity contribution in [2.75, 3.05) is 40.0 Å². The quantitative estimate of drug-likeness (QED) is 0.706. The smallest absolute Gasteiger partial charge is 0.248 e. The van der Waals surface area contributed by atoms with Gasteiger partial charge in [0.05, 0.1) is 12.2 Å². The molecule has 0 aromatic carbocycles. The van der Waals surface area contributed by atoms with Crippen molar-refractivity contribution in [2.24, 2.45) is 5.92 Å². The van der Waals surface area contributed by atoms with Gasteiger partial charge in [-0.25, -0.2) is 0 Å². The summed E-state index contributed by atoms with van der Waals surface area (Å²) in [4.78, 5) is 17.9. The number of carbonyl (C=O) groups excluding carboxylic acids is 1. The maximum absolute atomic E-state index is 12.0. The van der Waals surface area contributed by atoms with Gasteiger partial charge in [-0.05, 0) is 49.3 Å². The summed E-state index contributed by atoms with van der Waals surface area (Å²) in [6, 6.07) is 3.96. The Hall–Kier alpha value is -1.50. The lowest BCUT2D eigenvalue weighted by molar-refractivity contribution is -0.141. The first-order valence-corrected chi connectivity index (χ1v) is 9.11. The highest BCUT2D eigenvalue weighted by Gasteiger charge is 2.46. The van der Waals surface area contributed by atoms with E-state index in [4.69, 9.17) is 14.2 Å². The minimum Gasteiger partial charge on any atom is -0.377 e. The molecule has 0 saturated carbocycles. The zero-order valence-corrected chi connectivity index (χ0v) is 15.0. The molecule has 0 aliphatic carbocycles. The van der Waals surface area contributed by atoms with Crippen LogP contribution in [0.4, 0.5) is 0 Å².